The summed E-state index contributed by atoms with van der Waals surface area (Å²) in [7, 11) is 0. The second kappa shape index (κ2) is 6.15. The van der Waals surface area contributed by atoms with E-state index in [4.69, 9.17) is 9.84 Å². The van der Waals surface area contributed by atoms with Crippen molar-refractivity contribution in [1.82, 2.24) is 5.32 Å². The van der Waals surface area contributed by atoms with E-state index < -0.39 is 5.97 Å². The Labute approximate surface area is 94.5 Å². The second-order valence-corrected chi connectivity index (χ2v) is 4.03. The van der Waals surface area contributed by atoms with Crippen LogP contribution in [0, 0.1) is 5.92 Å². The van der Waals surface area contributed by atoms with Gasteiger partial charge in [0.25, 0.3) is 0 Å². The van der Waals surface area contributed by atoms with Gasteiger partial charge in [-0.2, -0.15) is 0 Å². The highest BCUT2D eigenvalue weighted by molar-refractivity contribution is 5.93. The van der Waals surface area contributed by atoms with Crippen molar-refractivity contribution in [3.8, 4) is 0 Å². The van der Waals surface area contributed by atoms with E-state index in [1.54, 1.807) is 6.92 Å². The zero-order valence-corrected chi connectivity index (χ0v) is 9.36. The molecule has 1 aliphatic rings. The molecule has 1 aliphatic heterocycles. The van der Waals surface area contributed by atoms with E-state index in [2.05, 4.69) is 5.32 Å². The number of ether oxygens (including phenoxy) is 1. The smallest absolute Gasteiger partial charge is 0.303 e. The summed E-state index contributed by atoms with van der Waals surface area (Å²) < 4.78 is 5.06. The van der Waals surface area contributed by atoms with Crippen LogP contribution in [0.5, 0.6) is 0 Å². The van der Waals surface area contributed by atoms with Crippen LogP contribution in [0.25, 0.3) is 0 Å². The molecule has 2 N–H and O–H groups in total. The lowest BCUT2D eigenvalue weighted by molar-refractivity contribution is -0.138. The number of carboxylic acids is 1. The van der Waals surface area contributed by atoms with Gasteiger partial charge < -0.3 is 15.2 Å². The van der Waals surface area contributed by atoms with Gasteiger partial charge in [0, 0.05) is 13.0 Å². The Balaban J connectivity index is 2.29. The normalized spacial score (nSPS) is 16.9. The van der Waals surface area contributed by atoms with Gasteiger partial charge in [0.05, 0.1) is 18.4 Å². The van der Waals surface area contributed by atoms with Crippen LogP contribution in [-0.2, 0) is 14.3 Å². The van der Waals surface area contributed by atoms with Crippen LogP contribution in [0.1, 0.15) is 26.2 Å². The number of carboxylic acid groups (broad SMARTS) is 1. The van der Waals surface area contributed by atoms with E-state index in [-0.39, 0.29) is 18.2 Å². The average Bonchev–Trinajstić information content (AvgIpc) is 2.26. The van der Waals surface area contributed by atoms with E-state index >= 15 is 0 Å². The molecule has 5 heteroatoms. The van der Waals surface area contributed by atoms with Crippen molar-refractivity contribution >= 4 is 11.9 Å². The summed E-state index contributed by atoms with van der Waals surface area (Å²) >= 11 is 0. The molecule has 0 saturated heterocycles. The van der Waals surface area contributed by atoms with Crippen molar-refractivity contribution in [2.45, 2.75) is 26.2 Å². The summed E-state index contributed by atoms with van der Waals surface area (Å²) in [5.74, 6) is -1.06. The minimum atomic E-state index is -0.845. The first-order valence-corrected chi connectivity index (χ1v) is 5.40. The Morgan fingerprint density at radius 1 is 1.62 bits per heavy atom. The highest BCUT2D eigenvalue weighted by Crippen LogP contribution is 2.11. The SMILES string of the molecule is CC(CNC(=O)C1=COCCC1)CC(=O)O. The topological polar surface area (TPSA) is 75.6 Å². The van der Waals surface area contributed by atoms with Crippen LogP contribution < -0.4 is 5.32 Å². The number of hydrogen-bond acceptors (Lipinski definition) is 3. The van der Waals surface area contributed by atoms with Crippen LogP contribution in [-0.4, -0.2) is 30.1 Å². The van der Waals surface area contributed by atoms with Gasteiger partial charge in [0.1, 0.15) is 0 Å². The highest BCUT2D eigenvalue weighted by Gasteiger charge is 2.14. The average molecular weight is 227 g/mol. The highest BCUT2D eigenvalue weighted by atomic mass is 16.5. The van der Waals surface area contributed by atoms with Crippen molar-refractivity contribution < 1.29 is 19.4 Å². The number of carbonyl (C=O) groups excluding carboxylic acids is 1. The van der Waals surface area contributed by atoms with Gasteiger partial charge in [0.2, 0.25) is 5.91 Å². The van der Waals surface area contributed by atoms with Gasteiger partial charge in [-0.05, 0) is 18.8 Å². The molecule has 5 nitrogen and oxygen atoms in total. The molecule has 16 heavy (non-hydrogen) atoms. The summed E-state index contributed by atoms with van der Waals surface area (Å²) in [6.07, 6.45) is 3.12. The van der Waals surface area contributed by atoms with Crippen molar-refractivity contribution in [3.05, 3.63) is 11.8 Å². The molecule has 1 heterocycles. The van der Waals surface area contributed by atoms with Crippen molar-refractivity contribution in [2.24, 2.45) is 5.92 Å². The zero-order chi connectivity index (χ0) is 12.0. The Morgan fingerprint density at radius 3 is 2.94 bits per heavy atom. The standard InChI is InChI=1S/C11H17NO4/c1-8(5-10(13)14)6-12-11(15)9-3-2-4-16-7-9/h7-8H,2-6H2,1H3,(H,12,15)(H,13,14). The maximum Gasteiger partial charge on any atom is 0.303 e. The molecule has 0 aliphatic carbocycles. The largest absolute Gasteiger partial charge is 0.501 e. The summed E-state index contributed by atoms with van der Waals surface area (Å²) in [5.41, 5.74) is 0.633. The third-order valence-electron chi connectivity index (χ3n) is 2.36. The van der Waals surface area contributed by atoms with E-state index in [9.17, 15) is 9.59 Å². The zero-order valence-electron chi connectivity index (χ0n) is 9.36. The first kappa shape index (κ1) is 12.5. The predicted molar refractivity (Wildman–Crippen MR) is 57.7 cm³/mol. The molecule has 90 valence electrons. The minimum absolute atomic E-state index is 0.0634. The lowest BCUT2D eigenvalue weighted by atomic mass is 10.1. The predicted octanol–water partition coefficient (Wildman–Crippen LogP) is 0.908. The van der Waals surface area contributed by atoms with Crippen molar-refractivity contribution in [3.63, 3.8) is 0 Å². The van der Waals surface area contributed by atoms with Crippen LogP contribution in [0.15, 0.2) is 11.8 Å². The molecule has 1 rings (SSSR count). The Kier molecular flexibility index (Phi) is 4.82. The van der Waals surface area contributed by atoms with Crippen LogP contribution in [0.2, 0.25) is 0 Å². The maximum atomic E-state index is 11.6. The molecule has 0 aromatic carbocycles. The van der Waals surface area contributed by atoms with Gasteiger partial charge in [-0.3, -0.25) is 9.59 Å². The minimum Gasteiger partial charge on any atom is -0.501 e. The number of rotatable bonds is 5. The molecule has 1 amide bonds. The van der Waals surface area contributed by atoms with Gasteiger partial charge >= 0.3 is 5.97 Å². The molecule has 1 unspecified atom stereocenters. The van der Waals surface area contributed by atoms with E-state index in [1.807, 2.05) is 0 Å². The van der Waals surface area contributed by atoms with Crippen LogP contribution >= 0.6 is 0 Å². The number of nitrogens with one attached hydrogen (secondary N) is 1. The van der Waals surface area contributed by atoms with Gasteiger partial charge in [-0.15, -0.1) is 0 Å². The Morgan fingerprint density at radius 2 is 2.38 bits per heavy atom. The molecule has 0 saturated carbocycles. The number of aliphatic carboxylic acids is 1. The van der Waals surface area contributed by atoms with Crippen LogP contribution in [0.4, 0.5) is 0 Å². The summed E-state index contributed by atoms with van der Waals surface area (Å²) in [6.45, 7) is 2.83. The quantitative estimate of drug-likeness (QED) is 0.732. The van der Waals surface area contributed by atoms with Gasteiger partial charge in [-0.1, -0.05) is 6.92 Å². The number of carbonyl (C=O) groups is 2. The Bertz CT molecular complexity index is 298. The second-order valence-electron chi connectivity index (χ2n) is 4.03. The molecule has 0 aromatic rings. The third kappa shape index (κ3) is 4.33. The summed E-state index contributed by atoms with van der Waals surface area (Å²) in [5, 5.41) is 11.3. The molecule has 0 radical (unpaired) electrons. The fraction of sp³-hybridized carbons (Fsp3) is 0.636. The summed E-state index contributed by atoms with van der Waals surface area (Å²) in [4.78, 5) is 22.0. The lowest BCUT2D eigenvalue weighted by Crippen LogP contribution is -2.31. The van der Waals surface area contributed by atoms with Gasteiger partial charge in [0.15, 0.2) is 0 Å². The fourth-order valence-electron chi connectivity index (χ4n) is 1.48. The molecule has 1 atom stereocenters. The molecule has 0 fully saturated rings. The summed E-state index contributed by atoms with van der Waals surface area (Å²) in [6, 6.07) is 0. The monoisotopic (exact) mass is 227 g/mol. The molecule has 0 aromatic heterocycles. The van der Waals surface area contributed by atoms with E-state index in [0.29, 0.717) is 18.7 Å². The number of hydrogen-bond donors (Lipinski definition) is 2. The lowest BCUT2D eigenvalue weighted by Gasteiger charge is -2.15. The molecule has 0 bridgehead atoms. The molecular weight excluding hydrogens is 210 g/mol. The fourth-order valence-corrected chi connectivity index (χ4v) is 1.48. The van der Waals surface area contributed by atoms with E-state index in [0.717, 1.165) is 12.8 Å². The Hall–Kier alpha value is -1.52. The first-order chi connectivity index (χ1) is 7.59. The third-order valence-corrected chi connectivity index (χ3v) is 2.36. The maximum absolute atomic E-state index is 11.6. The van der Waals surface area contributed by atoms with Crippen molar-refractivity contribution in [2.75, 3.05) is 13.2 Å². The van der Waals surface area contributed by atoms with Crippen molar-refractivity contribution in [1.29, 1.82) is 0 Å². The first-order valence-electron chi connectivity index (χ1n) is 5.40. The van der Waals surface area contributed by atoms with E-state index in [1.165, 1.54) is 6.26 Å². The van der Waals surface area contributed by atoms with Gasteiger partial charge in [-0.25, -0.2) is 0 Å². The molecular formula is C11H17NO4. The molecule has 0 spiro atoms. The van der Waals surface area contributed by atoms with Crippen LogP contribution in [0.3, 0.4) is 0 Å². The number of amides is 1.